The van der Waals surface area contributed by atoms with Gasteiger partial charge in [-0.2, -0.15) is 5.10 Å². The molecule has 6 nitrogen and oxygen atoms in total. The van der Waals surface area contributed by atoms with Crippen molar-refractivity contribution in [2.45, 2.75) is 32.4 Å². The summed E-state index contributed by atoms with van der Waals surface area (Å²) in [5.74, 6) is 1.05. The number of hydrogen-bond acceptors (Lipinski definition) is 5. The molecule has 7 heteroatoms. The first kappa shape index (κ1) is 13.9. The zero-order valence-corrected chi connectivity index (χ0v) is 13.0. The lowest BCUT2D eigenvalue weighted by atomic mass is 10.2. The number of anilines is 1. The highest BCUT2D eigenvalue weighted by molar-refractivity contribution is 7.09. The molecule has 0 spiro atoms. The Kier molecular flexibility index (Phi) is 3.59. The van der Waals surface area contributed by atoms with Crippen LogP contribution in [0.4, 0.5) is 5.82 Å². The van der Waals surface area contributed by atoms with Crippen LogP contribution in [0.5, 0.6) is 0 Å². The van der Waals surface area contributed by atoms with Gasteiger partial charge in [-0.05, 0) is 31.2 Å². The van der Waals surface area contributed by atoms with E-state index in [1.807, 2.05) is 18.7 Å². The highest BCUT2D eigenvalue weighted by Crippen LogP contribution is 2.36. The Balaban J connectivity index is 2.03. The minimum atomic E-state index is 0.118. The molecule has 2 aromatic heterocycles. The van der Waals surface area contributed by atoms with Crippen molar-refractivity contribution in [2.75, 3.05) is 4.90 Å². The van der Waals surface area contributed by atoms with E-state index in [1.54, 1.807) is 11.3 Å². The van der Waals surface area contributed by atoms with Gasteiger partial charge < -0.3 is 15.8 Å². The third-order valence-corrected chi connectivity index (χ3v) is 4.58. The summed E-state index contributed by atoms with van der Waals surface area (Å²) in [5, 5.41) is 18.7. The molecule has 2 aromatic rings. The Hall–Kier alpha value is -2.02. The SMILES string of the molecule is Cc1nn(C)c(N(Cc2cccs2)C2CC2)c1C(N)=NO. The molecule has 0 unspecified atom stereocenters. The van der Waals surface area contributed by atoms with Crippen LogP contribution in [-0.4, -0.2) is 26.9 Å². The molecule has 0 radical (unpaired) electrons. The van der Waals surface area contributed by atoms with Gasteiger partial charge in [0.2, 0.25) is 0 Å². The maximum Gasteiger partial charge on any atom is 0.175 e. The fourth-order valence-corrected chi connectivity index (χ4v) is 3.36. The van der Waals surface area contributed by atoms with E-state index in [1.165, 1.54) is 17.7 Å². The molecule has 21 heavy (non-hydrogen) atoms. The molecule has 0 atom stereocenters. The van der Waals surface area contributed by atoms with Gasteiger partial charge in [0.25, 0.3) is 0 Å². The van der Waals surface area contributed by atoms with Crippen LogP contribution in [0.3, 0.4) is 0 Å². The van der Waals surface area contributed by atoms with Crippen molar-refractivity contribution in [3.8, 4) is 0 Å². The lowest BCUT2D eigenvalue weighted by Crippen LogP contribution is -2.29. The summed E-state index contributed by atoms with van der Waals surface area (Å²) in [6.07, 6.45) is 2.34. The number of oxime groups is 1. The molecular weight excluding hydrogens is 286 g/mol. The summed E-state index contributed by atoms with van der Waals surface area (Å²) in [6, 6.07) is 4.70. The number of thiophene rings is 1. The van der Waals surface area contributed by atoms with Gasteiger partial charge in [0.15, 0.2) is 5.84 Å². The zero-order chi connectivity index (χ0) is 15.0. The number of aryl methyl sites for hydroxylation is 2. The first-order valence-electron chi connectivity index (χ1n) is 6.92. The van der Waals surface area contributed by atoms with E-state index in [9.17, 15) is 0 Å². The van der Waals surface area contributed by atoms with Crippen LogP contribution in [-0.2, 0) is 13.6 Å². The fraction of sp³-hybridized carbons (Fsp3) is 0.429. The summed E-state index contributed by atoms with van der Waals surface area (Å²) >= 11 is 1.74. The number of aromatic nitrogens is 2. The molecule has 3 rings (SSSR count). The van der Waals surface area contributed by atoms with E-state index in [4.69, 9.17) is 10.9 Å². The van der Waals surface area contributed by atoms with Crippen LogP contribution in [0.2, 0.25) is 0 Å². The van der Waals surface area contributed by atoms with Gasteiger partial charge >= 0.3 is 0 Å². The Morgan fingerprint density at radius 1 is 1.62 bits per heavy atom. The van der Waals surface area contributed by atoms with Gasteiger partial charge in [-0.25, -0.2) is 0 Å². The monoisotopic (exact) mass is 305 g/mol. The molecule has 0 aromatic carbocycles. The lowest BCUT2D eigenvalue weighted by molar-refractivity contribution is 0.318. The number of amidine groups is 1. The third kappa shape index (κ3) is 2.61. The number of rotatable bonds is 5. The van der Waals surface area contributed by atoms with Gasteiger partial charge in [-0.3, -0.25) is 4.68 Å². The van der Waals surface area contributed by atoms with Crippen LogP contribution in [0.15, 0.2) is 22.7 Å². The molecule has 0 saturated heterocycles. The molecule has 1 aliphatic carbocycles. The molecule has 1 saturated carbocycles. The van der Waals surface area contributed by atoms with Crippen LogP contribution in [0.25, 0.3) is 0 Å². The van der Waals surface area contributed by atoms with Gasteiger partial charge in [0.1, 0.15) is 5.82 Å². The zero-order valence-electron chi connectivity index (χ0n) is 12.2. The van der Waals surface area contributed by atoms with Crippen molar-refractivity contribution >= 4 is 23.0 Å². The second kappa shape index (κ2) is 5.40. The maximum absolute atomic E-state index is 9.05. The standard InChI is InChI=1S/C14H19N5OS/c1-9-12(13(15)17-20)14(18(2)16-9)19(10-5-6-10)8-11-4-3-7-21-11/h3-4,7,10,20H,5-6,8H2,1-2H3,(H2,15,17). The predicted octanol–water partition coefficient (Wildman–Crippen LogP) is 2.05. The number of nitrogens with two attached hydrogens (primary N) is 1. The topological polar surface area (TPSA) is 79.7 Å². The highest BCUT2D eigenvalue weighted by Gasteiger charge is 2.34. The minimum absolute atomic E-state index is 0.118. The Morgan fingerprint density at radius 3 is 2.95 bits per heavy atom. The average Bonchev–Trinajstić information content (AvgIpc) is 3.09. The van der Waals surface area contributed by atoms with Gasteiger partial charge in [0, 0.05) is 18.0 Å². The maximum atomic E-state index is 9.05. The summed E-state index contributed by atoms with van der Waals surface area (Å²) < 4.78 is 1.83. The first-order valence-corrected chi connectivity index (χ1v) is 7.80. The van der Waals surface area contributed by atoms with Crippen molar-refractivity contribution in [1.29, 1.82) is 0 Å². The summed E-state index contributed by atoms with van der Waals surface area (Å²) in [4.78, 5) is 3.62. The minimum Gasteiger partial charge on any atom is -0.409 e. The molecule has 1 fully saturated rings. The third-order valence-electron chi connectivity index (χ3n) is 3.72. The van der Waals surface area contributed by atoms with E-state index in [0.717, 1.165) is 23.6 Å². The molecule has 112 valence electrons. The number of nitrogens with zero attached hydrogens (tertiary/aromatic N) is 4. The normalized spacial score (nSPS) is 15.4. The second-order valence-electron chi connectivity index (χ2n) is 5.33. The smallest absolute Gasteiger partial charge is 0.175 e. The molecule has 0 amide bonds. The van der Waals surface area contributed by atoms with Crippen molar-refractivity contribution in [3.63, 3.8) is 0 Å². The first-order chi connectivity index (χ1) is 10.1. The van der Waals surface area contributed by atoms with E-state index in [0.29, 0.717) is 6.04 Å². The Labute approximate surface area is 127 Å². The van der Waals surface area contributed by atoms with Crippen LogP contribution < -0.4 is 10.6 Å². The predicted molar refractivity (Wildman–Crippen MR) is 84.0 cm³/mol. The van der Waals surface area contributed by atoms with Crippen LogP contribution in [0, 0.1) is 6.92 Å². The highest BCUT2D eigenvalue weighted by atomic mass is 32.1. The summed E-state index contributed by atoms with van der Waals surface area (Å²) in [5.41, 5.74) is 7.37. The van der Waals surface area contributed by atoms with E-state index < -0.39 is 0 Å². The molecule has 2 heterocycles. The van der Waals surface area contributed by atoms with Gasteiger partial charge in [0.05, 0.1) is 17.8 Å². The van der Waals surface area contributed by atoms with Crippen molar-refractivity contribution in [2.24, 2.45) is 17.9 Å². The van der Waals surface area contributed by atoms with Crippen LogP contribution in [0.1, 0.15) is 29.0 Å². The summed E-state index contributed by atoms with van der Waals surface area (Å²) in [6.45, 7) is 2.71. The fourth-order valence-electron chi connectivity index (χ4n) is 2.66. The van der Waals surface area contributed by atoms with Crippen molar-refractivity contribution in [3.05, 3.63) is 33.6 Å². The van der Waals surface area contributed by atoms with Gasteiger partial charge in [-0.15, -0.1) is 11.3 Å². The van der Waals surface area contributed by atoms with Gasteiger partial charge in [-0.1, -0.05) is 11.2 Å². The molecule has 0 bridgehead atoms. The average molecular weight is 305 g/mol. The van der Waals surface area contributed by atoms with Crippen molar-refractivity contribution in [1.82, 2.24) is 9.78 Å². The molecular formula is C14H19N5OS. The lowest BCUT2D eigenvalue weighted by Gasteiger charge is -2.25. The quantitative estimate of drug-likeness (QED) is 0.383. The Bertz CT molecular complexity index is 657. The summed E-state index contributed by atoms with van der Waals surface area (Å²) in [7, 11) is 1.90. The van der Waals surface area contributed by atoms with E-state index in [2.05, 4.69) is 32.7 Å². The Morgan fingerprint density at radius 2 is 2.38 bits per heavy atom. The molecule has 3 N–H and O–H groups in total. The van der Waals surface area contributed by atoms with Crippen molar-refractivity contribution < 1.29 is 5.21 Å². The molecule has 0 aliphatic heterocycles. The van der Waals surface area contributed by atoms with E-state index >= 15 is 0 Å². The number of hydrogen-bond donors (Lipinski definition) is 2. The van der Waals surface area contributed by atoms with E-state index in [-0.39, 0.29) is 5.84 Å². The molecule has 1 aliphatic rings. The van der Waals surface area contributed by atoms with Crippen LogP contribution >= 0.6 is 11.3 Å². The second-order valence-corrected chi connectivity index (χ2v) is 6.36. The largest absolute Gasteiger partial charge is 0.409 e.